The largest absolute Gasteiger partial charge is 0.466 e. The molecule has 0 heterocycles. The van der Waals surface area contributed by atoms with Crippen molar-refractivity contribution < 1.29 is 24.5 Å². The Kier molecular flexibility index (Phi) is 65.4. The second-order valence-corrected chi connectivity index (χ2v) is 23.9. The highest BCUT2D eigenvalue weighted by Crippen LogP contribution is 2.18. The summed E-state index contributed by atoms with van der Waals surface area (Å²) in [5.74, 6) is -0.0724. The van der Waals surface area contributed by atoms with Crippen LogP contribution in [0.1, 0.15) is 373 Å². The number of unbranched alkanes of at least 4 members (excludes halogenated alkanes) is 48. The first-order valence-corrected chi connectivity index (χ1v) is 34.9. The summed E-state index contributed by atoms with van der Waals surface area (Å²) < 4.78 is 5.46. The molecule has 3 N–H and O–H groups in total. The Hall–Kier alpha value is -2.18. The molecule has 6 nitrogen and oxygen atoms in total. The number of carbonyl (C=O) groups excluding carboxylic acids is 2. The standard InChI is InChI=1S/C72H135NO5/c1-3-5-7-9-11-13-15-17-18-19-20-21-22-26-29-32-35-38-41-44-48-52-56-60-64-70(75)69(68-74)73-71(76)65-61-57-53-49-45-42-39-36-33-30-27-24-23-25-28-31-34-37-40-43-47-51-55-59-63-67-78-72(77)66-62-58-54-50-46-16-14-12-10-8-6-4-2/h12,14,24-25,27-28,60,64,69-70,74-75H,3-11,13,15-23,26,29-59,61-63,65-68H2,1-2H3,(H,73,76)/b14-12-,27-24-,28-25-,64-60+. The minimum atomic E-state index is -0.851. The average Bonchev–Trinajstić information content (AvgIpc) is 3.44. The summed E-state index contributed by atoms with van der Waals surface area (Å²) in [5.41, 5.74) is 0. The molecule has 1 amide bonds. The van der Waals surface area contributed by atoms with Crippen molar-refractivity contribution in [2.24, 2.45) is 0 Å². The van der Waals surface area contributed by atoms with E-state index in [0.29, 0.717) is 19.4 Å². The van der Waals surface area contributed by atoms with Crippen LogP contribution in [0, 0.1) is 0 Å². The van der Waals surface area contributed by atoms with Gasteiger partial charge in [-0.3, -0.25) is 9.59 Å². The number of rotatable bonds is 65. The van der Waals surface area contributed by atoms with Gasteiger partial charge in [0.2, 0.25) is 5.91 Å². The zero-order valence-electron chi connectivity index (χ0n) is 52.4. The lowest BCUT2D eigenvalue weighted by molar-refractivity contribution is -0.143. The molecule has 0 radical (unpaired) electrons. The molecule has 0 saturated carbocycles. The molecular formula is C72H135NO5. The quantitative estimate of drug-likeness (QED) is 0.0320. The van der Waals surface area contributed by atoms with Gasteiger partial charge in [0.1, 0.15) is 0 Å². The van der Waals surface area contributed by atoms with E-state index in [0.717, 1.165) is 51.4 Å². The normalized spacial score (nSPS) is 12.8. The van der Waals surface area contributed by atoms with Crippen molar-refractivity contribution in [1.82, 2.24) is 5.32 Å². The van der Waals surface area contributed by atoms with Gasteiger partial charge in [0.15, 0.2) is 0 Å². The molecule has 0 aliphatic rings. The van der Waals surface area contributed by atoms with E-state index in [2.05, 4.69) is 55.6 Å². The zero-order chi connectivity index (χ0) is 56.4. The van der Waals surface area contributed by atoms with E-state index in [-0.39, 0.29) is 18.5 Å². The van der Waals surface area contributed by atoms with Crippen LogP contribution in [0.2, 0.25) is 0 Å². The number of esters is 1. The summed E-state index contributed by atoms with van der Waals surface area (Å²) in [6, 6.07) is -0.635. The molecular weight excluding hydrogens is 959 g/mol. The predicted molar refractivity (Wildman–Crippen MR) is 342 cm³/mol. The third-order valence-electron chi connectivity index (χ3n) is 16.1. The van der Waals surface area contributed by atoms with Crippen LogP contribution in [0.15, 0.2) is 48.6 Å². The Bertz CT molecular complexity index is 1310. The highest BCUT2D eigenvalue weighted by Gasteiger charge is 2.18. The number of hydrogen-bond acceptors (Lipinski definition) is 5. The first-order chi connectivity index (χ1) is 38.5. The lowest BCUT2D eigenvalue weighted by Crippen LogP contribution is -2.45. The summed E-state index contributed by atoms with van der Waals surface area (Å²) in [5, 5.41) is 23.3. The smallest absolute Gasteiger partial charge is 0.305 e. The van der Waals surface area contributed by atoms with Gasteiger partial charge < -0.3 is 20.3 Å². The second-order valence-electron chi connectivity index (χ2n) is 23.9. The molecule has 6 heteroatoms. The van der Waals surface area contributed by atoms with E-state index in [1.807, 2.05) is 6.08 Å². The van der Waals surface area contributed by atoms with E-state index in [1.165, 1.54) is 295 Å². The molecule has 458 valence electrons. The van der Waals surface area contributed by atoms with E-state index in [1.54, 1.807) is 6.08 Å². The van der Waals surface area contributed by atoms with Crippen LogP contribution in [0.5, 0.6) is 0 Å². The molecule has 0 rings (SSSR count). The van der Waals surface area contributed by atoms with Crippen LogP contribution in [0.4, 0.5) is 0 Å². The predicted octanol–water partition coefficient (Wildman–Crippen LogP) is 22.5. The van der Waals surface area contributed by atoms with Crippen LogP contribution in [-0.2, 0) is 14.3 Å². The number of aliphatic hydroxyl groups is 2. The SMILES string of the molecule is CCCCC/C=C\CCCCCCCC(=O)OCCCCCCCCCCC/C=C\C/C=C\CCCCCCCCCCCC(=O)NC(CO)C(O)/C=C/CCCCCCCCCCCCCCCCCCCCCCCC. The summed E-state index contributed by atoms with van der Waals surface area (Å²) in [6.07, 6.45) is 87.5. The molecule has 0 aromatic carbocycles. The van der Waals surface area contributed by atoms with Crippen molar-refractivity contribution in [3.05, 3.63) is 48.6 Å². The Morgan fingerprint density at radius 3 is 1.01 bits per heavy atom. The molecule has 0 aliphatic heterocycles. The molecule has 0 aromatic rings. The number of ether oxygens (including phenoxy) is 1. The Labute approximate surface area is 486 Å². The fourth-order valence-corrected chi connectivity index (χ4v) is 10.7. The van der Waals surface area contributed by atoms with Crippen molar-refractivity contribution in [2.75, 3.05) is 13.2 Å². The number of aliphatic hydroxyl groups excluding tert-OH is 2. The number of amides is 1. The molecule has 0 spiro atoms. The van der Waals surface area contributed by atoms with Crippen molar-refractivity contribution in [2.45, 2.75) is 386 Å². The van der Waals surface area contributed by atoms with E-state index < -0.39 is 12.1 Å². The van der Waals surface area contributed by atoms with Crippen molar-refractivity contribution >= 4 is 11.9 Å². The monoisotopic (exact) mass is 1090 g/mol. The maximum absolute atomic E-state index is 12.5. The van der Waals surface area contributed by atoms with Gasteiger partial charge >= 0.3 is 5.97 Å². The summed E-state index contributed by atoms with van der Waals surface area (Å²) in [6.45, 7) is 4.90. The molecule has 0 saturated heterocycles. The fourth-order valence-electron chi connectivity index (χ4n) is 10.7. The minimum absolute atomic E-state index is 0.00147. The van der Waals surface area contributed by atoms with E-state index in [9.17, 15) is 19.8 Å². The molecule has 0 fully saturated rings. The highest BCUT2D eigenvalue weighted by atomic mass is 16.5. The van der Waals surface area contributed by atoms with Gasteiger partial charge in [0, 0.05) is 12.8 Å². The van der Waals surface area contributed by atoms with Gasteiger partial charge in [-0.1, -0.05) is 319 Å². The van der Waals surface area contributed by atoms with Crippen LogP contribution >= 0.6 is 0 Å². The van der Waals surface area contributed by atoms with Gasteiger partial charge in [-0.05, 0) is 89.9 Å². The number of carbonyl (C=O) groups is 2. The van der Waals surface area contributed by atoms with Gasteiger partial charge in [-0.2, -0.15) is 0 Å². The van der Waals surface area contributed by atoms with Gasteiger partial charge in [-0.15, -0.1) is 0 Å². The molecule has 0 aromatic heterocycles. The first-order valence-electron chi connectivity index (χ1n) is 34.9. The van der Waals surface area contributed by atoms with Crippen molar-refractivity contribution in [3.63, 3.8) is 0 Å². The van der Waals surface area contributed by atoms with Gasteiger partial charge in [-0.25, -0.2) is 0 Å². The lowest BCUT2D eigenvalue weighted by Gasteiger charge is -2.20. The maximum atomic E-state index is 12.5. The Morgan fingerprint density at radius 1 is 0.359 bits per heavy atom. The third kappa shape index (κ3) is 63.0. The maximum Gasteiger partial charge on any atom is 0.305 e. The molecule has 2 unspecified atom stereocenters. The van der Waals surface area contributed by atoms with Crippen LogP contribution in [0.25, 0.3) is 0 Å². The second kappa shape index (κ2) is 67.3. The highest BCUT2D eigenvalue weighted by molar-refractivity contribution is 5.76. The molecule has 0 aliphatic carbocycles. The molecule has 0 bridgehead atoms. The van der Waals surface area contributed by atoms with E-state index in [4.69, 9.17) is 4.74 Å². The average molecular weight is 1090 g/mol. The first kappa shape index (κ1) is 75.8. The van der Waals surface area contributed by atoms with Crippen LogP contribution < -0.4 is 5.32 Å². The van der Waals surface area contributed by atoms with E-state index >= 15 is 0 Å². The van der Waals surface area contributed by atoms with Crippen molar-refractivity contribution in [3.8, 4) is 0 Å². The number of hydrogen-bond donors (Lipinski definition) is 3. The Morgan fingerprint density at radius 2 is 0.641 bits per heavy atom. The third-order valence-corrected chi connectivity index (χ3v) is 16.1. The number of allylic oxidation sites excluding steroid dienone is 7. The zero-order valence-corrected chi connectivity index (χ0v) is 52.4. The van der Waals surface area contributed by atoms with Gasteiger partial charge in [0.05, 0.1) is 25.4 Å². The summed E-state index contributed by atoms with van der Waals surface area (Å²) in [7, 11) is 0. The van der Waals surface area contributed by atoms with Crippen LogP contribution in [-0.4, -0.2) is 47.4 Å². The number of nitrogens with one attached hydrogen (secondary N) is 1. The Balaban J connectivity index is 3.47. The fraction of sp³-hybridized carbons (Fsp3) is 0.861. The van der Waals surface area contributed by atoms with Gasteiger partial charge in [0.25, 0.3) is 0 Å². The lowest BCUT2D eigenvalue weighted by atomic mass is 10.0. The van der Waals surface area contributed by atoms with Crippen molar-refractivity contribution in [1.29, 1.82) is 0 Å². The topological polar surface area (TPSA) is 95.9 Å². The molecule has 78 heavy (non-hydrogen) atoms. The minimum Gasteiger partial charge on any atom is -0.466 e. The molecule has 2 atom stereocenters. The summed E-state index contributed by atoms with van der Waals surface area (Å²) in [4.78, 5) is 24.5. The summed E-state index contributed by atoms with van der Waals surface area (Å²) >= 11 is 0. The van der Waals surface area contributed by atoms with Crippen LogP contribution in [0.3, 0.4) is 0 Å².